The molecule has 1 aliphatic rings. The van der Waals surface area contributed by atoms with E-state index in [1.807, 2.05) is 43.5 Å². The van der Waals surface area contributed by atoms with Crippen molar-refractivity contribution in [2.45, 2.75) is 26.3 Å². The molecule has 0 spiro atoms. The Morgan fingerprint density at radius 3 is 2.83 bits per heavy atom. The van der Waals surface area contributed by atoms with E-state index in [1.54, 1.807) is 24.2 Å². The first-order valence-corrected chi connectivity index (χ1v) is 10.1. The van der Waals surface area contributed by atoms with Gasteiger partial charge in [-0.25, -0.2) is 9.97 Å². The molecule has 1 aliphatic heterocycles. The van der Waals surface area contributed by atoms with Crippen molar-refractivity contribution < 1.29 is 9.53 Å². The maximum Gasteiger partial charge on any atom is 0.237 e. The second-order valence-electron chi connectivity index (χ2n) is 7.49. The van der Waals surface area contributed by atoms with E-state index in [0.29, 0.717) is 19.0 Å². The van der Waals surface area contributed by atoms with Gasteiger partial charge >= 0.3 is 0 Å². The molecule has 0 radical (unpaired) electrons. The Hall–Kier alpha value is -3.42. The van der Waals surface area contributed by atoms with Crippen molar-refractivity contribution in [3.8, 4) is 11.7 Å². The number of methoxy groups -OCH3 is 1. The van der Waals surface area contributed by atoms with Crippen LogP contribution in [0.4, 0.5) is 5.82 Å². The quantitative estimate of drug-likeness (QED) is 0.677. The Morgan fingerprint density at radius 1 is 1.27 bits per heavy atom. The number of carbonyl (C=O) groups excluding carboxylic acids is 1. The summed E-state index contributed by atoms with van der Waals surface area (Å²) in [5.41, 5.74) is 1.93. The van der Waals surface area contributed by atoms with Gasteiger partial charge in [-0.15, -0.1) is 0 Å². The van der Waals surface area contributed by atoms with Crippen LogP contribution < -0.4 is 15.0 Å². The van der Waals surface area contributed by atoms with Crippen LogP contribution in [0.25, 0.3) is 5.95 Å². The van der Waals surface area contributed by atoms with Gasteiger partial charge < -0.3 is 15.0 Å². The number of ether oxygens (including phenoxy) is 1. The number of carbonyl (C=O) groups is 1. The molecule has 1 N–H and O–H groups in total. The predicted octanol–water partition coefficient (Wildman–Crippen LogP) is 2.51. The fourth-order valence-corrected chi connectivity index (χ4v) is 3.67. The zero-order valence-corrected chi connectivity index (χ0v) is 17.3. The number of imidazole rings is 1. The van der Waals surface area contributed by atoms with Crippen LogP contribution in [0.5, 0.6) is 5.75 Å². The first-order chi connectivity index (χ1) is 14.6. The number of amides is 1. The molecule has 0 bridgehead atoms. The summed E-state index contributed by atoms with van der Waals surface area (Å²) in [6.45, 7) is 3.99. The van der Waals surface area contributed by atoms with Gasteiger partial charge in [0.15, 0.2) is 0 Å². The third-order valence-corrected chi connectivity index (χ3v) is 5.31. The Kier molecular flexibility index (Phi) is 5.92. The zero-order chi connectivity index (χ0) is 20.9. The number of nitrogens with one attached hydrogen (secondary N) is 1. The number of benzene rings is 1. The summed E-state index contributed by atoms with van der Waals surface area (Å²) >= 11 is 0. The number of piperidine rings is 1. The second kappa shape index (κ2) is 8.94. The van der Waals surface area contributed by atoms with E-state index in [2.05, 4.69) is 20.2 Å². The maximum atomic E-state index is 12.8. The van der Waals surface area contributed by atoms with Gasteiger partial charge in [0.05, 0.1) is 13.0 Å². The van der Waals surface area contributed by atoms with Crippen molar-refractivity contribution in [2.75, 3.05) is 25.1 Å². The van der Waals surface area contributed by atoms with Crippen LogP contribution in [-0.2, 0) is 11.3 Å². The lowest BCUT2D eigenvalue weighted by molar-refractivity contribution is -0.125. The van der Waals surface area contributed by atoms with E-state index in [0.717, 1.165) is 42.2 Å². The monoisotopic (exact) mass is 406 g/mol. The Balaban J connectivity index is 1.41. The third-order valence-electron chi connectivity index (χ3n) is 5.31. The standard InChI is InChI=1S/C22H26N6O2/c1-16-12-20(26-22(25-16)28-11-9-23-15-28)27-10-3-4-18(14-27)21(29)24-13-17-5-7-19(30-2)8-6-17/h5-9,11-12,15,18H,3-4,10,13-14H2,1-2H3,(H,24,29). The minimum Gasteiger partial charge on any atom is -0.497 e. The second-order valence-corrected chi connectivity index (χ2v) is 7.49. The average Bonchev–Trinajstić information content (AvgIpc) is 3.32. The smallest absolute Gasteiger partial charge is 0.237 e. The summed E-state index contributed by atoms with van der Waals surface area (Å²) in [5.74, 6) is 2.26. The molecule has 1 saturated heterocycles. The maximum absolute atomic E-state index is 12.8. The molecule has 1 amide bonds. The molecular weight excluding hydrogens is 380 g/mol. The normalized spacial score (nSPS) is 16.3. The molecule has 8 nitrogen and oxygen atoms in total. The van der Waals surface area contributed by atoms with Crippen LogP contribution in [0.1, 0.15) is 24.1 Å². The lowest BCUT2D eigenvalue weighted by atomic mass is 9.97. The van der Waals surface area contributed by atoms with Crippen LogP contribution in [0.3, 0.4) is 0 Å². The van der Waals surface area contributed by atoms with E-state index in [-0.39, 0.29) is 11.8 Å². The summed E-state index contributed by atoms with van der Waals surface area (Å²) in [6.07, 6.45) is 7.04. The Labute approximate surface area is 175 Å². The zero-order valence-electron chi connectivity index (χ0n) is 17.3. The first kappa shape index (κ1) is 19.9. The molecule has 0 saturated carbocycles. The lowest BCUT2D eigenvalue weighted by Crippen LogP contribution is -2.43. The fraction of sp³-hybridized carbons (Fsp3) is 0.364. The minimum atomic E-state index is -0.0658. The van der Waals surface area contributed by atoms with Crippen molar-refractivity contribution in [1.29, 1.82) is 0 Å². The number of aromatic nitrogens is 4. The summed E-state index contributed by atoms with van der Waals surface area (Å²) in [5, 5.41) is 3.07. The van der Waals surface area contributed by atoms with E-state index in [9.17, 15) is 4.79 Å². The van der Waals surface area contributed by atoms with E-state index in [1.165, 1.54) is 0 Å². The highest BCUT2D eigenvalue weighted by atomic mass is 16.5. The van der Waals surface area contributed by atoms with Gasteiger partial charge in [-0.1, -0.05) is 12.1 Å². The summed E-state index contributed by atoms with van der Waals surface area (Å²) in [6, 6.07) is 9.71. The molecule has 3 aromatic rings. The van der Waals surface area contributed by atoms with Crippen LogP contribution in [0.2, 0.25) is 0 Å². The highest BCUT2D eigenvalue weighted by Crippen LogP contribution is 2.23. The van der Waals surface area contributed by atoms with Gasteiger partial charge in [-0.3, -0.25) is 9.36 Å². The molecule has 3 heterocycles. The van der Waals surface area contributed by atoms with Gasteiger partial charge in [0.1, 0.15) is 17.9 Å². The van der Waals surface area contributed by atoms with Crippen molar-refractivity contribution in [3.05, 3.63) is 60.3 Å². The largest absolute Gasteiger partial charge is 0.497 e. The number of hydrogen-bond donors (Lipinski definition) is 1. The Morgan fingerprint density at radius 2 is 2.10 bits per heavy atom. The predicted molar refractivity (Wildman–Crippen MR) is 114 cm³/mol. The van der Waals surface area contributed by atoms with Gasteiger partial charge in [-0.2, -0.15) is 4.98 Å². The molecular formula is C22H26N6O2. The Bertz CT molecular complexity index is 987. The van der Waals surface area contributed by atoms with Crippen molar-refractivity contribution >= 4 is 11.7 Å². The number of rotatable bonds is 6. The van der Waals surface area contributed by atoms with Gasteiger partial charge in [-0.05, 0) is 37.5 Å². The number of nitrogens with zero attached hydrogens (tertiary/aromatic N) is 5. The molecule has 156 valence electrons. The minimum absolute atomic E-state index is 0.0658. The molecule has 1 unspecified atom stereocenters. The van der Waals surface area contributed by atoms with Gasteiger partial charge in [0, 0.05) is 43.8 Å². The highest BCUT2D eigenvalue weighted by Gasteiger charge is 2.27. The fourth-order valence-electron chi connectivity index (χ4n) is 3.67. The molecule has 1 fully saturated rings. The summed E-state index contributed by atoms with van der Waals surface area (Å²) < 4.78 is 6.97. The van der Waals surface area contributed by atoms with Crippen LogP contribution in [-0.4, -0.2) is 45.6 Å². The lowest BCUT2D eigenvalue weighted by Gasteiger charge is -2.33. The molecule has 0 aliphatic carbocycles. The highest BCUT2D eigenvalue weighted by molar-refractivity contribution is 5.79. The molecule has 2 aromatic heterocycles. The topological polar surface area (TPSA) is 85.2 Å². The molecule has 4 rings (SSSR count). The van der Waals surface area contributed by atoms with Crippen molar-refractivity contribution in [3.63, 3.8) is 0 Å². The molecule has 30 heavy (non-hydrogen) atoms. The molecule has 8 heteroatoms. The van der Waals surface area contributed by atoms with E-state index in [4.69, 9.17) is 9.72 Å². The molecule has 1 atom stereocenters. The van der Waals surface area contributed by atoms with Gasteiger partial charge in [0.25, 0.3) is 0 Å². The van der Waals surface area contributed by atoms with E-state index >= 15 is 0 Å². The molecule has 1 aromatic carbocycles. The van der Waals surface area contributed by atoms with Gasteiger partial charge in [0.2, 0.25) is 11.9 Å². The first-order valence-electron chi connectivity index (χ1n) is 10.1. The van der Waals surface area contributed by atoms with Crippen LogP contribution in [0, 0.1) is 12.8 Å². The SMILES string of the molecule is COc1ccc(CNC(=O)C2CCCN(c3cc(C)nc(-n4ccnc4)n3)C2)cc1. The number of hydrogen-bond acceptors (Lipinski definition) is 6. The average molecular weight is 406 g/mol. The third kappa shape index (κ3) is 4.59. The van der Waals surface area contributed by atoms with Crippen LogP contribution >= 0.6 is 0 Å². The van der Waals surface area contributed by atoms with Crippen molar-refractivity contribution in [1.82, 2.24) is 24.8 Å². The summed E-state index contributed by atoms with van der Waals surface area (Å²) in [4.78, 5) is 28.2. The van der Waals surface area contributed by atoms with Crippen LogP contribution in [0.15, 0.2) is 49.1 Å². The summed E-state index contributed by atoms with van der Waals surface area (Å²) in [7, 11) is 1.64. The van der Waals surface area contributed by atoms with Crippen molar-refractivity contribution in [2.24, 2.45) is 5.92 Å². The number of aryl methyl sites for hydroxylation is 1. The van der Waals surface area contributed by atoms with E-state index < -0.39 is 0 Å². The number of anilines is 1.